The zero-order valence-corrected chi connectivity index (χ0v) is 15.1. The van der Waals surface area contributed by atoms with Crippen LogP contribution < -0.4 is 0 Å². The fourth-order valence-corrected chi connectivity index (χ4v) is 2.72. The molecule has 6 nitrogen and oxygen atoms in total. The van der Waals surface area contributed by atoms with Gasteiger partial charge in [0.2, 0.25) is 0 Å². The highest BCUT2D eigenvalue weighted by Gasteiger charge is 2.12. The van der Waals surface area contributed by atoms with Gasteiger partial charge in [0.1, 0.15) is 12.3 Å². The Hall–Kier alpha value is -3.67. The van der Waals surface area contributed by atoms with Crippen molar-refractivity contribution in [3.05, 3.63) is 84.5 Å². The summed E-state index contributed by atoms with van der Waals surface area (Å²) in [5.41, 5.74) is 2.43. The topological polar surface area (TPSA) is 78.4 Å². The van der Waals surface area contributed by atoms with Gasteiger partial charge in [0.25, 0.3) is 0 Å². The van der Waals surface area contributed by atoms with Gasteiger partial charge in [-0.05, 0) is 0 Å². The van der Waals surface area contributed by atoms with Gasteiger partial charge in [-0.3, -0.25) is 4.79 Å². The minimum absolute atomic E-state index is 0.0655. The summed E-state index contributed by atoms with van der Waals surface area (Å²) in [6, 6.07) is 21.1. The highest BCUT2D eigenvalue weighted by Crippen LogP contribution is 2.21. The van der Waals surface area contributed by atoms with Gasteiger partial charge in [-0.1, -0.05) is 65.8 Å². The molecule has 140 valence electrons. The van der Waals surface area contributed by atoms with Crippen LogP contribution in [-0.4, -0.2) is 16.1 Å². The Morgan fingerprint density at radius 1 is 0.929 bits per heavy atom. The second kappa shape index (κ2) is 8.35. The van der Waals surface area contributed by atoms with E-state index in [1.807, 2.05) is 60.7 Å². The molecule has 2 heterocycles. The number of hydrogen-bond acceptors (Lipinski definition) is 6. The number of aryl methyl sites for hydroxylation is 1. The summed E-state index contributed by atoms with van der Waals surface area (Å²) in [5.74, 6) is 1.48. The third kappa shape index (κ3) is 4.35. The van der Waals surface area contributed by atoms with E-state index in [1.165, 1.54) is 0 Å². The van der Waals surface area contributed by atoms with Gasteiger partial charge in [0.15, 0.2) is 17.4 Å². The van der Waals surface area contributed by atoms with Crippen LogP contribution in [0.2, 0.25) is 0 Å². The largest absolute Gasteiger partial charge is 0.459 e. The minimum Gasteiger partial charge on any atom is -0.459 e. The van der Waals surface area contributed by atoms with E-state index in [0.29, 0.717) is 29.5 Å². The number of hydrogen-bond donors (Lipinski definition) is 0. The van der Waals surface area contributed by atoms with Crippen molar-refractivity contribution < 1.29 is 18.5 Å². The van der Waals surface area contributed by atoms with Crippen molar-refractivity contribution in [1.29, 1.82) is 0 Å². The lowest BCUT2D eigenvalue weighted by atomic mass is 10.2. The molecule has 0 N–H and O–H groups in total. The molecule has 0 saturated heterocycles. The Balaban J connectivity index is 1.26. The molecule has 0 radical (unpaired) electrons. The van der Waals surface area contributed by atoms with E-state index in [-0.39, 0.29) is 19.0 Å². The molecular formula is C22H18N2O4. The summed E-state index contributed by atoms with van der Waals surface area (Å²) in [4.78, 5) is 16.2. The molecule has 4 rings (SSSR count). The van der Waals surface area contributed by atoms with Crippen molar-refractivity contribution in [2.75, 3.05) is 0 Å². The summed E-state index contributed by atoms with van der Waals surface area (Å²) in [6.07, 6.45) is 2.22. The molecule has 2 aromatic heterocycles. The van der Waals surface area contributed by atoms with Crippen LogP contribution in [0.4, 0.5) is 0 Å². The number of carbonyl (C=O) groups is 1. The molecule has 0 unspecified atom stereocenters. The average Bonchev–Trinajstić information content (AvgIpc) is 3.42. The number of rotatable bonds is 7. The zero-order valence-electron chi connectivity index (χ0n) is 15.1. The Bertz CT molecular complexity index is 955. The maximum atomic E-state index is 12.0. The molecule has 0 fully saturated rings. The lowest BCUT2D eigenvalue weighted by molar-refractivity contribution is -0.145. The minimum atomic E-state index is -0.344. The molecule has 2 aromatic carbocycles. The summed E-state index contributed by atoms with van der Waals surface area (Å²) in [6.45, 7) is 0.0655. The molecule has 0 aliphatic rings. The van der Waals surface area contributed by atoms with Crippen molar-refractivity contribution in [2.45, 2.75) is 19.4 Å². The van der Waals surface area contributed by atoms with Crippen molar-refractivity contribution in [3.8, 4) is 22.6 Å². The number of benzene rings is 2. The van der Waals surface area contributed by atoms with Crippen molar-refractivity contribution in [1.82, 2.24) is 10.1 Å². The first-order chi connectivity index (χ1) is 13.8. The van der Waals surface area contributed by atoms with E-state index in [0.717, 1.165) is 11.1 Å². The Kier molecular flexibility index (Phi) is 5.29. The normalized spacial score (nSPS) is 10.7. The molecule has 0 amide bonds. The molecule has 0 atom stereocenters. The number of aromatic nitrogens is 2. The van der Waals surface area contributed by atoms with Crippen LogP contribution in [0.15, 0.2) is 81.9 Å². The molecule has 6 heteroatoms. The average molecular weight is 374 g/mol. The first-order valence-electron chi connectivity index (χ1n) is 8.95. The summed E-state index contributed by atoms with van der Waals surface area (Å²) < 4.78 is 16.2. The summed E-state index contributed by atoms with van der Waals surface area (Å²) in [5, 5.41) is 3.94. The van der Waals surface area contributed by atoms with Gasteiger partial charge >= 0.3 is 5.97 Å². The van der Waals surface area contributed by atoms with E-state index in [2.05, 4.69) is 10.1 Å². The summed E-state index contributed by atoms with van der Waals surface area (Å²) >= 11 is 0. The van der Waals surface area contributed by atoms with Crippen LogP contribution in [0.25, 0.3) is 22.6 Å². The number of oxazole rings is 1. The Labute approximate surface area is 161 Å². The molecule has 0 spiro atoms. The van der Waals surface area contributed by atoms with Crippen LogP contribution in [0, 0.1) is 0 Å². The standard InChI is InChI=1S/C22H18N2O4/c25-22(12-11-21-23-14-20(27-21)17-9-5-2-6-10-17)26-15-18-13-19(28-24-18)16-7-3-1-4-8-16/h1-10,13-14H,11-12,15H2. The molecule has 4 aromatic rings. The second-order valence-corrected chi connectivity index (χ2v) is 6.19. The third-order valence-electron chi connectivity index (χ3n) is 4.15. The van der Waals surface area contributed by atoms with Gasteiger partial charge in [-0.15, -0.1) is 0 Å². The first kappa shape index (κ1) is 17.7. The van der Waals surface area contributed by atoms with Crippen molar-refractivity contribution in [3.63, 3.8) is 0 Å². The SMILES string of the molecule is O=C(CCc1ncc(-c2ccccc2)o1)OCc1cc(-c2ccccc2)on1. The third-order valence-corrected chi connectivity index (χ3v) is 4.15. The number of nitrogens with zero attached hydrogens (tertiary/aromatic N) is 2. The molecule has 0 bridgehead atoms. The molecule has 28 heavy (non-hydrogen) atoms. The highest BCUT2D eigenvalue weighted by atomic mass is 16.5. The predicted molar refractivity (Wildman–Crippen MR) is 102 cm³/mol. The van der Waals surface area contributed by atoms with Gasteiger partial charge in [-0.25, -0.2) is 4.98 Å². The van der Waals surface area contributed by atoms with Crippen LogP contribution in [0.5, 0.6) is 0 Å². The lowest BCUT2D eigenvalue weighted by Crippen LogP contribution is -2.06. The smallest absolute Gasteiger partial charge is 0.306 e. The Morgan fingerprint density at radius 3 is 2.32 bits per heavy atom. The highest BCUT2D eigenvalue weighted by molar-refractivity contribution is 5.69. The zero-order chi connectivity index (χ0) is 19.2. The monoisotopic (exact) mass is 374 g/mol. The first-order valence-corrected chi connectivity index (χ1v) is 8.95. The van der Waals surface area contributed by atoms with E-state index in [1.54, 1.807) is 12.3 Å². The number of ether oxygens (including phenoxy) is 1. The molecule has 0 aliphatic heterocycles. The van der Waals surface area contributed by atoms with E-state index < -0.39 is 0 Å². The van der Waals surface area contributed by atoms with Crippen LogP contribution in [-0.2, 0) is 22.6 Å². The van der Waals surface area contributed by atoms with E-state index in [4.69, 9.17) is 13.7 Å². The van der Waals surface area contributed by atoms with Crippen molar-refractivity contribution >= 4 is 5.97 Å². The van der Waals surface area contributed by atoms with E-state index >= 15 is 0 Å². The Morgan fingerprint density at radius 2 is 1.61 bits per heavy atom. The maximum absolute atomic E-state index is 12.0. The predicted octanol–water partition coefficient (Wildman–Crippen LogP) is 4.67. The van der Waals surface area contributed by atoms with Gasteiger partial charge in [-0.2, -0.15) is 0 Å². The fraction of sp³-hybridized carbons (Fsp3) is 0.136. The molecular weight excluding hydrogens is 356 g/mol. The van der Waals surface area contributed by atoms with Crippen molar-refractivity contribution in [2.24, 2.45) is 0 Å². The van der Waals surface area contributed by atoms with Crippen LogP contribution in [0.3, 0.4) is 0 Å². The molecule has 0 aliphatic carbocycles. The van der Waals surface area contributed by atoms with Crippen LogP contribution >= 0.6 is 0 Å². The molecule has 0 saturated carbocycles. The summed E-state index contributed by atoms with van der Waals surface area (Å²) in [7, 11) is 0. The lowest BCUT2D eigenvalue weighted by Gasteiger charge is -2.01. The van der Waals surface area contributed by atoms with E-state index in [9.17, 15) is 4.79 Å². The number of carbonyl (C=O) groups excluding carboxylic acids is 1. The maximum Gasteiger partial charge on any atom is 0.306 e. The quantitative estimate of drug-likeness (QED) is 0.437. The van der Waals surface area contributed by atoms with Gasteiger partial charge in [0.05, 0.1) is 12.6 Å². The second-order valence-electron chi connectivity index (χ2n) is 6.19. The van der Waals surface area contributed by atoms with Crippen LogP contribution in [0.1, 0.15) is 18.0 Å². The van der Waals surface area contributed by atoms with Gasteiger partial charge in [0, 0.05) is 23.6 Å². The number of esters is 1. The fourth-order valence-electron chi connectivity index (χ4n) is 2.72. The van der Waals surface area contributed by atoms with Gasteiger partial charge < -0.3 is 13.7 Å².